The molecule has 0 unspecified atom stereocenters. The molecule has 1 spiro atoms. The number of ether oxygens (including phenoxy) is 1. The summed E-state index contributed by atoms with van der Waals surface area (Å²) in [5.74, 6) is -1.77. The van der Waals surface area contributed by atoms with Crippen molar-refractivity contribution in [3.8, 4) is 0 Å². The highest BCUT2D eigenvalue weighted by atomic mass is 19.1. The normalized spacial score (nSPS) is 28.8. The maximum atomic E-state index is 13.6. The van der Waals surface area contributed by atoms with Gasteiger partial charge in [0.1, 0.15) is 11.4 Å². The third kappa shape index (κ3) is 2.76. The van der Waals surface area contributed by atoms with Gasteiger partial charge in [0, 0.05) is 31.7 Å². The van der Waals surface area contributed by atoms with Gasteiger partial charge >= 0.3 is 0 Å². The fourth-order valence-electron chi connectivity index (χ4n) is 5.00. The molecule has 5 rings (SSSR count). The number of amides is 2. The van der Waals surface area contributed by atoms with Crippen LogP contribution in [0.3, 0.4) is 0 Å². The second-order valence-corrected chi connectivity index (χ2v) is 8.31. The molecule has 30 heavy (non-hydrogen) atoms. The first-order valence-corrected chi connectivity index (χ1v) is 9.98. The van der Waals surface area contributed by atoms with Gasteiger partial charge in [0.25, 0.3) is 0 Å². The molecular weight excluding hydrogens is 385 g/mol. The van der Waals surface area contributed by atoms with Crippen LogP contribution in [0.2, 0.25) is 0 Å². The molecule has 6 nitrogen and oxygen atoms in total. The largest absolute Gasteiger partial charge is 0.360 e. The number of fused-ring (bicyclic) bond motifs is 1. The molecule has 0 N–H and O–H groups in total. The molecule has 2 aromatic rings. The predicted octanol–water partition coefficient (Wildman–Crippen LogP) is 2.47. The highest BCUT2D eigenvalue weighted by molar-refractivity contribution is 6.03. The van der Waals surface area contributed by atoms with E-state index in [2.05, 4.69) is 4.98 Å². The highest BCUT2D eigenvalue weighted by Crippen LogP contribution is 2.53. The van der Waals surface area contributed by atoms with Crippen LogP contribution in [0.1, 0.15) is 11.1 Å². The number of pyridine rings is 1. The number of hydrogen-bond acceptors (Lipinski definition) is 4. The third-order valence-corrected chi connectivity index (χ3v) is 6.35. The Hall–Kier alpha value is -3.06. The lowest BCUT2D eigenvalue weighted by Crippen LogP contribution is -2.44. The minimum atomic E-state index is -0.807. The summed E-state index contributed by atoms with van der Waals surface area (Å²) >= 11 is 0. The molecule has 3 aliphatic rings. The number of rotatable bonds is 4. The van der Waals surface area contributed by atoms with Crippen LogP contribution in [0.25, 0.3) is 0 Å². The van der Waals surface area contributed by atoms with Gasteiger partial charge in [-0.1, -0.05) is 18.2 Å². The van der Waals surface area contributed by atoms with Gasteiger partial charge in [0.2, 0.25) is 11.8 Å². The quantitative estimate of drug-likeness (QED) is 0.731. The van der Waals surface area contributed by atoms with Gasteiger partial charge in [-0.15, -0.1) is 0 Å². The SMILES string of the molecule is Cc1cc(F)ccc1N1C[C@]23C=C[C@H](O2)[C@@H](C(=O)N(C)Cc2cccnc2)[C@@H]3C1=O. The Morgan fingerprint density at radius 3 is 2.97 bits per heavy atom. The fourth-order valence-corrected chi connectivity index (χ4v) is 5.00. The van der Waals surface area contributed by atoms with E-state index in [1.807, 2.05) is 24.3 Å². The van der Waals surface area contributed by atoms with Gasteiger partial charge in [-0.25, -0.2) is 4.39 Å². The van der Waals surface area contributed by atoms with Crippen LogP contribution in [0.15, 0.2) is 54.9 Å². The molecule has 2 amide bonds. The molecule has 1 aromatic carbocycles. The summed E-state index contributed by atoms with van der Waals surface area (Å²) in [6, 6.07) is 8.11. The first-order chi connectivity index (χ1) is 14.4. The molecular formula is C23H22FN3O3. The molecule has 154 valence electrons. The van der Waals surface area contributed by atoms with Crippen molar-refractivity contribution < 1.29 is 18.7 Å². The zero-order valence-electron chi connectivity index (χ0n) is 16.8. The van der Waals surface area contributed by atoms with Crippen LogP contribution in [0.5, 0.6) is 0 Å². The molecule has 0 radical (unpaired) electrons. The highest BCUT2D eigenvalue weighted by Gasteiger charge is 2.67. The smallest absolute Gasteiger partial charge is 0.234 e. The zero-order valence-corrected chi connectivity index (χ0v) is 16.8. The average Bonchev–Trinajstić information content (AvgIpc) is 3.36. The molecule has 3 aliphatic heterocycles. The first kappa shape index (κ1) is 18.9. The lowest BCUT2D eigenvalue weighted by molar-refractivity contribution is -0.139. The van der Waals surface area contributed by atoms with E-state index in [9.17, 15) is 14.0 Å². The summed E-state index contributed by atoms with van der Waals surface area (Å²) in [7, 11) is 1.74. The summed E-state index contributed by atoms with van der Waals surface area (Å²) in [6.07, 6.45) is 6.82. The third-order valence-electron chi connectivity index (χ3n) is 6.35. The van der Waals surface area contributed by atoms with Gasteiger partial charge in [-0.2, -0.15) is 0 Å². The maximum absolute atomic E-state index is 13.6. The van der Waals surface area contributed by atoms with Crippen molar-refractivity contribution in [1.29, 1.82) is 0 Å². The first-order valence-electron chi connectivity index (χ1n) is 9.98. The number of aromatic nitrogens is 1. The van der Waals surface area contributed by atoms with E-state index in [0.29, 0.717) is 24.3 Å². The van der Waals surface area contributed by atoms with Crippen LogP contribution >= 0.6 is 0 Å². The summed E-state index contributed by atoms with van der Waals surface area (Å²) in [5.41, 5.74) is 1.44. The number of halogens is 1. The monoisotopic (exact) mass is 407 g/mol. The number of aryl methyl sites for hydroxylation is 1. The Bertz CT molecular complexity index is 1060. The van der Waals surface area contributed by atoms with Crippen LogP contribution in [0, 0.1) is 24.6 Å². The summed E-state index contributed by atoms with van der Waals surface area (Å²) < 4.78 is 19.7. The van der Waals surface area contributed by atoms with Crippen molar-refractivity contribution in [2.45, 2.75) is 25.2 Å². The number of hydrogen-bond donors (Lipinski definition) is 0. The second kappa shape index (κ2) is 6.74. The number of benzene rings is 1. The summed E-state index contributed by atoms with van der Waals surface area (Å²) in [6.45, 7) is 2.51. The minimum Gasteiger partial charge on any atom is -0.360 e. The molecule has 4 heterocycles. The molecule has 2 saturated heterocycles. The Labute approximate surface area is 174 Å². The van der Waals surface area contributed by atoms with Crippen molar-refractivity contribution in [2.75, 3.05) is 18.5 Å². The fraction of sp³-hybridized carbons (Fsp3) is 0.348. The average molecular weight is 407 g/mol. The number of carbonyl (C=O) groups is 2. The number of nitrogens with zero attached hydrogens (tertiary/aromatic N) is 3. The van der Waals surface area contributed by atoms with Crippen LogP contribution in [-0.2, 0) is 20.9 Å². The second-order valence-electron chi connectivity index (χ2n) is 8.31. The predicted molar refractivity (Wildman–Crippen MR) is 108 cm³/mol. The number of anilines is 1. The summed E-state index contributed by atoms with van der Waals surface area (Å²) in [5, 5.41) is 0. The van der Waals surface area contributed by atoms with Crippen molar-refractivity contribution in [2.24, 2.45) is 11.8 Å². The Balaban J connectivity index is 1.43. The van der Waals surface area contributed by atoms with E-state index in [4.69, 9.17) is 4.74 Å². The van der Waals surface area contributed by atoms with Crippen LogP contribution < -0.4 is 4.90 Å². The lowest BCUT2D eigenvalue weighted by atomic mass is 9.76. The molecule has 2 fully saturated rings. The van der Waals surface area contributed by atoms with Gasteiger partial charge in [-0.3, -0.25) is 14.6 Å². The molecule has 1 aromatic heterocycles. The van der Waals surface area contributed by atoms with Gasteiger partial charge in [0.15, 0.2) is 0 Å². The Kier molecular flexibility index (Phi) is 4.25. The van der Waals surface area contributed by atoms with Crippen LogP contribution in [-0.4, -0.2) is 47.0 Å². The van der Waals surface area contributed by atoms with E-state index >= 15 is 0 Å². The zero-order chi connectivity index (χ0) is 21.0. The standard InChI is InChI=1S/C23H22FN3O3/c1-14-10-16(24)5-6-17(14)27-13-23-8-7-18(30-23)19(20(23)22(27)29)21(28)26(2)12-15-4-3-9-25-11-15/h3-11,18-20H,12-13H2,1-2H3/t18-,19+,20+,23-/m0/s1. The summed E-state index contributed by atoms with van der Waals surface area (Å²) in [4.78, 5) is 34.1. The van der Waals surface area contributed by atoms with Crippen molar-refractivity contribution in [3.05, 3.63) is 71.8 Å². The minimum absolute atomic E-state index is 0.119. The molecule has 2 bridgehead atoms. The molecule has 7 heteroatoms. The van der Waals surface area contributed by atoms with E-state index < -0.39 is 23.5 Å². The van der Waals surface area contributed by atoms with Crippen LogP contribution in [0.4, 0.5) is 10.1 Å². The van der Waals surface area contributed by atoms with E-state index in [1.165, 1.54) is 12.1 Å². The van der Waals surface area contributed by atoms with Crippen molar-refractivity contribution >= 4 is 17.5 Å². The van der Waals surface area contributed by atoms with Gasteiger partial charge in [-0.05, 0) is 42.3 Å². The van der Waals surface area contributed by atoms with Crippen molar-refractivity contribution in [3.63, 3.8) is 0 Å². The van der Waals surface area contributed by atoms with Crippen molar-refractivity contribution in [1.82, 2.24) is 9.88 Å². The van der Waals surface area contributed by atoms with Gasteiger partial charge in [0.05, 0.1) is 24.5 Å². The Morgan fingerprint density at radius 1 is 1.40 bits per heavy atom. The van der Waals surface area contributed by atoms with E-state index in [-0.39, 0.29) is 17.6 Å². The Morgan fingerprint density at radius 2 is 2.23 bits per heavy atom. The lowest BCUT2D eigenvalue weighted by Gasteiger charge is -2.28. The van der Waals surface area contributed by atoms with Gasteiger partial charge < -0.3 is 14.5 Å². The molecule has 0 aliphatic carbocycles. The molecule has 4 atom stereocenters. The van der Waals surface area contributed by atoms with E-state index in [1.54, 1.807) is 42.2 Å². The van der Waals surface area contributed by atoms with E-state index in [0.717, 1.165) is 5.56 Å². The number of carbonyl (C=O) groups excluding carboxylic acids is 2. The topological polar surface area (TPSA) is 62.7 Å². The maximum Gasteiger partial charge on any atom is 0.234 e. The molecule has 0 saturated carbocycles.